The Balaban J connectivity index is 1.78. The van der Waals surface area contributed by atoms with Gasteiger partial charge in [-0.15, -0.1) is 10.2 Å². The SMILES string of the molecule is Cc1nnc(CNC(=O)[C@H]2CCCNC2)o1. The molecule has 16 heavy (non-hydrogen) atoms. The Bertz CT molecular complexity index is 357. The van der Waals surface area contributed by atoms with E-state index in [1.54, 1.807) is 6.92 Å². The minimum atomic E-state index is 0.0584. The zero-order valence-corrected chi connectivity index (χ0v) is 9.32. The van der Waals surface area contributed by atoms with Crippen LogP contribution in [-0.4, -0.2) is 29.2 Å². The van der Waals surface area contributed by atoms with Crippen molar-refractivity contribution in [1.29, 1.82) is 0 Å². The minimum Gasteiger partial charge on any atom is -0.424 e. The lowest BCUT2D eigenvalue weighted by Crippen LogP contribution is -2.40. The molecule has 6 nitrogen and oxygen atoms in total. The van der Waals surface area contributed by atoms with Crippen LogP contribution in [-0.2, 0) is 11.3 Å². The molecule has 1 aliphatic heterocycles. The summed E-state index contributed by atoms with van der Waals surface area (Å²) in [4.78, 5) is 11.7. The molecule has 1 atom stereocenters. The molecule has 1 amide bonds. The topological polar surface area (TPSA) is 80.0 Å². The third-order valence-corrected chi connectivity index (χ3v) is 2.65. The van der Waals surface area contributed by atoms with E-state index < -0.39 is 0 Å². The number of nitrogens with one attached hydrogen (secondary N) is 2. The van der Waals surface area contributed by atoms with Gasteiger partial charge in [-0.2, -0.15) is 0 Å². The van der Waals surface area contributed by atoms with Gasteiger partial charge >= 0.3 is 0 Å². The monoisotopic (exact) mass is 224 g/mol. The number of aromatic nitrogens is 2. The second kappa shape index (κ2) is 5.07. The molecule has 1 saturated heterocycles. The van der Waals surface area contributed by atoms with Crippen molar-refractivity contribution in [2.45, 2.75) is 26.3 Å². The van der Waals surface area contributed by atoms with E-state index in [1.165, 1.54) is 0 Å². The summed E-state index contributed by atoms with van der Waals surface area (Å²) in [6.45, 7) is 3.81. The fraction of sp³-hybridized carbons (Fsp3) is 0.700. The highest BCUT2D eigenvalue weighted by atomic mass is 16.4. The maximum absolute atomic E-state index is 11.7. The van der Waals surface area contributed by atoms with E-state index in [0.29, 0.717) is 18.3 Å². The molecule has 0 aromatic carbocycles. The van der Waals surface area contributed by atoms with E-state index in [9.17, 15) is 4.79 Å². The van der Waals surface area contributed by atoms with Crippen molar-refractivity contribution in [1.82, 2.24) is 20.8 Å². The predicted molar refractivity (Wildman–Crippen MR) is 56.5 cm³/mol. The number of rotatable bonds is 3. The molecule has 2 rings (SSSR count). The first-order valence-corrected chi connectivity index (χ1v) is 5.53. The normalized spacial score (nSPS) is 20.7. The molecular formula is C10H16N4O2. The molecule has 1 aromatic heterocycles. The van der Waals surface area contributed by atoms with Crippen LogP contribution in [0.25, 0.3) is 0 Å². The van der Waals surface area contributed by atoms with Crippen molar-refractivity contribution in [3.05, 3.63) is 11.8 Å². The lowest BCUT2D eigenvalue weighted by atomic mass is 9.99. The smallest absolute Gasteiger partial charge is 0.235 e. The van der Waals surface area contributed by atoms with Crippen molar-refractivity contribution in [2.75, 3.05) is 13.1 Å². The highest BCUT2D eigenvalue weighted by molar-refractivity contribution is 5.78. The van der Waals surface area contributed by atoms with Gasteiger partial charge in [0.25, 0.3) is 0 Å². The number of carbonyl (C=O) groups is 1. The lowest BCUT2D eigenvalue weighted by molar-refractivity contribution is -0.125. The largest absolute Gasteiger partial charge is 0.424 e. The molecule has 0 radical (unpaired) electrons. The summed E-state index contributed by atoms with van der Waals surface area (Å²) in [6, 6.07) is 0. The van der Waals surface area contributed by atoms with Crippen LogP contribution in [0.15, 0.2) is 4.42 Å². The Morgan fingerprint density at radius 2 is 2.50 bits per heavy atom. The van der Waals surface area contributed by atoms with Crippen LogP contribution in [0.1, 0.15) is 24.6 Å². The molecule has 2 heterocycles. The van der Waals surface area contributed by atoms with Crippen LogP contribution in [0.3, 0.4) is 0 Å². The number of hydrogen-bond acceptors (Lipinski definition) is 5. The maximum atomic E-state index is 11.7. The molecule has 0 saturated carbocycles. The molecule has 88 valence electrons. The predicted octanol–water partition coefficient (Wildman–Crippen LogP) is -0.00618. The molecule has 1 aromatic rings. The number of aryl methyl sites for hydroxylation is 1. The van der Waals surface area contributed by atoms with Crippen LogP contribution in [0, 0.1) is 12.8 Å². The van der Waals surface area contributed by atoms with Crippen LogP contribution in [0.5, 0.6) is 0 Å². The third-order valence-electron chi connectivity index (χ3n) is 2.65. The van der Waals surface area contributed by atoms with Gasteiger partial charge in [-0.25, -0.2) is 0 Å². The molecule has 0 spiro atoms. The summed E-state index contributed by atoms with van der Waals surface area (Å²) in [5.74, 6) is 1.10. The molecule has 0 bridgehead atoms. The summed E-state index contributed by atoms with van der Waals surface area (Å²) in [6.07, 6.45) is 2.00. The first-order chi connectivity index (χ1) is 7.75. The van der Waals surface area contributed by atoms with Gasteiger partial charge in [-0.05, 0) is 19.4 Å². The second-order valence-electron chi connectivity index (χ2n) is 3.98. The lowest BCUT2D eigenvalue weighted by Gasteiger charge is -2.21. The van der Waals surface area contributed by atoms with Gasteiger partial charge in [0, 0.05) is 13.5 Å². The first kappa shape index (κ1) is 11.1. The van der Waals surface area contributed by atoms with E-state index >= 15 is 0 Å². The van der Waals surface area contributed by atoms with Crippen molar-refractivity contribution >= 4 is 5.91 Å². The number of amides is 1. The fourth-order valence-corrected chi connectivity index (χ4v) is 1.79. The second-order valence-corrected chi connectivity index (χ2v) is 3.98. The van der Waals surface area contributed by atoms with E-state index in [2.05, 4.69) is 20.8 Å². The molecular weight excluding hydrogens is 208 g/mol. The summed E-state index contributed by atoms with van der Waals surface area (Å²) in [5.41, 5.74) is 0. The molecule has 1 fully saturated rings. The standard InChI is InChI=1S/C10H16N4O2/c1-7-13-14-9(16-7)6-12-10(15)8-3-2-4-11-5-8/h8,11H,2-6H2,1H3,(H,12,15)/t8-/m0/s1. The highest BCUT2D eigenvalue weighted by Crippen LogP contribution is 2.09. The van der Waals surface area contributed by atoms with Crippen LogP contribution < -0.4 is 10.6 Å². The minimum absolute atomic E-state index is 0.0584. The molecule has 0 aliphatic carbocycles. The van der Waals surface area contributed by atoms with Gasteiger partial charge in [0.2, 0.25) is 17.7 Å². The van der Waals surface area contributed by atoms with Gasteiger partial charge in [-0.1, -0.05) is 0 Å². The van der Waals surface area contributed by atoms with E-state index in [4.69, 9.17) is 4.42 Å². The summed E-state index contributed by atoms with van der Waals surface area (Å²) >= 11 is 0. The van der Waals surface area contributed by atoms with Crippen LogP contribution in [0.2, 0.25) is 0 Å². The molecule has 6 heteroatoms. The van der Waals surface area contributed by atoms with Gasteiger partial charge in [0.1, 0.15) is 0 Å². The van der Waals surface area contributed by atoms with Crippen LogP contribution >= 0.6 is 0 Å². The molecule has 1 aliphatic rings. The Hall–Kier alpha value is -1.43. The van der Waals surface area contributed by atoms with Crippen molar-refractivity contribution in [3.63, 3.8) is 0 Å². The highest BCUT2D eigenvalue weighted by Gasteiger charge is 2.20. The maximum Gasteiger partial charge on any atom is 0.235 e. The Kier molecular flexibility index (Phi) is 3.51. The van der Waals surface area contributed by atoms with Crippen LogP contribution in [0.4, 0.5) is 0 Å². The summed E-state index contributed by atoms with van der Waals surface area (Å²) in [5, 5.41) is 13.5. The average Bonchev–Trinajstić information content (AvgIpc) is 2.73. The average molecular weight is 224 g/mol. The van der Waals surface area contributed by atoms with Gasteiger partial charge < -0.3 is 15.1 Å². The fourth-order valence-electron chi connectivity index (χ4n) is 1.79. The zero-order chi connectivity index (χ0) is 11.4. The van der Waals surface area contributed by atoms with Crippen molar-refractivity contribution in [3.8, 4) is 0 Å². The van der Waals surface area contributed by atoms with Gasteiger partial charge in [-0.3, -0.25) is 4.79 Å². The molecule has 2 N–H and O–H groups in total. The molecule has 0 unspecified atom stereocenters. The summed E-state index contributed by atoms with van der Waals surface area (Å²) < 4.78 is 5.17. The van der Waals surface area contributed by atoms with E-state index in [-0.39, 0.29) is 11.8 Å². The quantitative estimate of drug-likeness (QED) is 0.755. The number of piperidine rings is 1. The zero-order valence-electron chi connectivity index (χ0n) is 9.32. The number of hydrogen-bond donors (Lipinski definition) is 2. The Labute approximate surface area is 93.8 Å². The van der Waals surface area contributed by atoms with Crippen molar-refractivity contribution < 1.29 is 9.21 Å². The van der Waals surface area contributed by atoms with E-state index in [1.807, 2.05) is 0 Å². The Morgan fingerprint density at radius 3 is 3.12 bits per heavy atom. The van der Waals surface area contributed by atoms with Crippen molar-refractivity contribution in [2.24, 2.45) is 5.92 Å². The third kappa shape index (κ3) is 2.79. The Morgan fingerprint density at radius 1 is 1.62 bits per heavy atom. The number of carbonyl (C=O) groups excluding carboxylic acids is 1. The van der Waals surface area contributed by atoms with Gasteiger partial charge in [0.15, 0.2) is 0 Å². The van der Waals surface area contributed by atoms with Gasteiger partial charge in [0.05, 0.1) is 12.5 Å². The van der Waals surface area contributed by atoms with E-state index in [0.717, 1.165) is 25.9 Å². The first-order valence-electron chi connectivity index (χ1n) is 5.53. The number of nitrogens with zero attached hydrogens (tertiary/aromatic N) is 2. The summed E-state index contributed by atoms with van der Waals surface area (Å²) in [7, 11) is 0.